The molecular formula is C12H29N3. The molecule has 1 atom stereocenters. The van der Waals surface area contributed by atoms with Gasteiger partial charge in [0.2, 0.25) is 0 Å². The van der Waals surface area contributed by atoms with Crippen LogP contribution in [0.25, 0.3) is 0 Å². The van der Waals surface area contributed by atoms with Gasteiger partial charge in [-0.05, 0) is 20.5 Å². The van der Waals surface area contributed by atoms with E-state index < -0.39 is 0 Å². The predicted molar refractivity (Wildman–Crippen MR) is 67.4 cm³/mol. The molecule has 0 bridgehead atoms. The molecule has 0 fully saturated rings. The molecule has 1 unspecified atom stereocenters. The summed E-state index contributed by atoms with van der Waals surface area (Å²) in [6.07, 6.45) is 11.0. The van der Waals surface area contributed by atoms with Crippen molar-refractivity contribution < 1.29 is 0 Å². The van der Waals surface area contributed by atoms with Crippen molar-refractivity contribution in [2.24, 2.45) is 5.84 Å². The Hall–Kier alpha value is -0.120. The van der Waals surface area contributed by atoms with E-state index in [2.05, 4.69) is 31.3 Å². The first-order chi connectivity index (χ1) is 7.22. The van der Waals surface area contributed by atoms with Crippen LogP contribution in [0.2, 0.25) is 0 Å². The van der Waals surface area contributed by atoms with Gasteiger partial charge in [-0.3, -0.25) is 10.7 Å². The lowest BCUT2D eigenvalue weighted by atomic mass is 10.1. The third-order valence-corrected chi connectivity index (χ3v) is 2.90. The Morgan fingerprint density at radius 1 is 1.00 bits per heavy atom. The SMILES string of the molecule is CCCCCCCCCC(NN)N(C)C. The summed E-state index contributed by atoms with van der Waals surface area (Å²) in [6.45, 7) is 2.26. The van der Waals surface area contributed by atoms with Gasteiger partial charge in [0.25, 0.3) is 0 Å². The number of nitrogens with zero attached hydrogens (tertiary/aromatic N) is 1. The largest absolute Gasteiger partial charge is 0.293 e. The molecule has 0 aromatic carbocycles. The van der Waals surface area contributed by atoms with Crippen molar-refractivity contribution in [3.63, 3.8) is 0 Å². The van der Waals surface area contributed by atoms with Crippen LogP contribution in [0.1, 0.15) is 58.3 Å². The molecule has 0 rings (SSSR count). The number of rotatable bonds is 10. The first-order valence-electron chi connectivity index (χ1n) is 6.35. The highest BCUT2D eigenvalue weighted by Crippen LogP contribution is 2.10. The van der Waals surface area contributed by atoms with Gasteiger partial charge in [-0.1, -0.05) is 51.9 Å². The molecule has 0 saturated heterocycles. The summed E-state index contributed by atoms with van der Waals surface area (Å²) in [5, 5.41) is 0. The van der Waals surface area contributed by atoms with Gasteiger partial charge in [-0.15, -0.1) is 0 Å². The summed E-state index contributed by atoms with van der Waals surface area (Å²) in [5.74, 6) is 5.46. The van der Waals surface area contributed by atoms with E-state index in [0.29, 0.717) is 6.17 Å². The van der Waals surface area contributed by atoms with E-state index in [9.17, 15) is 0 Å². The van der Waals surface area contributed by atoms with Crippen molar-refractivity contribution in [1.29, 1.82) is 0 Å². The molecule has 0 aliphatic carbocycles. The first-order valence-corrected chi connectivity index (χ1v) is 6.35. The molecule has 92 valence electrons. The Labute approximate surface area is 95.4 Å². The molecule has 0 aromatic rings. The molecule has 15 heavy (non-hydrogen) atoms. The number of nitrogens with two attached hydrogens (primary N) is 1. The average molecular weight is 215 g/mol. The normalized spacial score (nSPS) is 13.4. The highest BCUT2D eigenvalue weighted by Gasteiger charge is 2.07. The van der Waals surface area contributed by atoms with Gasteiger partial charge in [0.15, 0.2) is 0 Å². The summed E-state index contributed by atoms with van der Waals surface area (Å²) in [4.78, 5) is 2.14. The summed E-state index contributed by atoms with van der Waals surface area (Å²) in [6, 6.07) is 0. The molecule has 3 heteroatoms. The highest BCUT2D eigenvalue weighted by molar-refractivity contribution is 4.59. The van der Waals surface area contributed by atoms with E-state index in [1.165, 1.54) is 44.9 Å². The minimum absolute atomic E-state index is 0.334. The zero-order valence-electron chi connectivity index (χ0n) is 10.8. The van der Waals surface area contributed by atoms with E-state index in [1.54, 1.807) is 0 Å². The van der Waals surface area contributed by atoms with Gasteiger partial charge in [-0.2, -0.15) is 0 Å². The van der Waals surface area contributed by atoms with Crippen LogP contribution in [0.5, 0.6) is 0 Å². The van der Waals surface area contributed by atoms with Crippen molar-refractivity contribution in [2.45, 2.75) is 64.5 Å². The third kappa shape index (κ3) is 8.85. The van der Waals surface area contributed by atoms with Crippen LogP contribution < -0.4 is 11.3 Å². The smallest absolute Gasteiger partial charge is 0.0721 e. The molecule has 0 spiro atoms. The topological polar surface area (TPSA) is 41.3 Å². The van der Waals surface area contributed by atoms with Crippen LogP contribution in [0.3, 0.4) is 0 Å². The zero-order valence-corrected chi connectivity index (χ0v) is 10.8. The molecule has 0 aliphatic heterocycles. The highest BCUT2D eigenvalue weighted by atomic mass is 15.4. The molecule has 0 aromatic heterocycles. The van der Waals surface area contributed by atoms with Crippen molar-refractivity contribution >= 4 is 0 Å². The fourth-order valence-corrected chi connectivity index (χ4v) is 1.79. The number of unbranched alkanes of at least 4 members (excludes halogenated alkanes) is 6. The van der Waals surface area contributed by atoms with Gasteiger partial charge < -0.3 is 0 Å². The van der Waals surface area contributed by atoms with Gasteiger partial charge in [0, 0.05) is 0 Å². The number of hydrazine groups is 1. The van der Waals surface area contributed by atoms with Crippen molar-refractivity contribution in [1.82, 2.24) is 10.3 Å². The molecule has 3 nitrogen and oxygen atoms in total. The van der Waals surface area contributed by atoms with Crippen LogP contribution in [-0.4, -0.2) is 25.2 Å². The van der Waals surface area contributed by atoms with Gasteiger partial charge in [0.05, 0.1) is 6.17 Å². The van der Waals surface area contributed by atoms with E-state index >= 15 is 0 Å². The second-order valence-corrected chi connectivity index (χ2v) is 4.56. The Kier molecular flexibility index (Phi) is 10.3. The van der Waals surface area contributed by atoms with Crippen LogP contribution >= 0.6 is 0 Å². The van der Waals surface area contributed by atoms with Crippen LogP contribution in [0.15, 0.2) is 0 Å². The fraction of sp³-hybridized carbons (Fsp3) is 1.00. The second-order valence-electron chi connectivity index (χ2n) is 4.56. The molecule has 0 amide bonds. The summed E-state index contributed by atoms with van der Waals surface area (Å²) in [5.41, 5.74) is 2.84. The Bertz CT molecular complexity index is 126. The van der Waals surface area contributed by atoms with Crippen LogP contribution in [0, 0.1) is 0 Å². The quantitative estimate of drug-likeness (QED) is 0.255. The fourth-order valence-electron chi connectivity index (χ4n) is 1.79. The summed E-state index contributed by atoms with van der Waals surface area (Å²) >= 11 is 0. The lowest BCUT2D eigenvalue weighted by Crippen LogP contribution is -2.45. The maximum absolute atomic E-state index is 5.46. The van der Waals surface area contributed by atoms with Crippen molar-refractivity contribution in [3.05, 3.63) is 0 Å². The lowest BCUT2D eigenvalue weighted by Gasteiger charge is -2.23. The zero-order chi connectivity index (χ0) is 11.5. The summed E-state index contributed by atoms with van der Waals surface area (Å²) < 4.78 is 0. The van der Waals surface area contributed by atoms with Crippen LogP contribution in [-0.2, 0) is 0 Å². The molecule has 0 aliphatic rings. The predicted octanol–water partition coefficient (Wildman–Crippen LogP) is 2.48. The second kappa shape index (κ2) is 10.4. The van der Waals surface area contributed by atoms with Gasteiger partial charge in [-0.25, -0.2) is 5.43 Å². The van der Waals surface area contributed by atoms with Crippen LogP contribution in [0.4, 0.5) is 0 Å². The Morgan fingerprint density at radius 2 is 1.53 bits per heavy atom. The average Bonchev–Trinajstić information content (AvgIpc) is 2.21. The minimum atomic E-state index is 0.334. The van der Waals surface area contributed by atoms with Crippen molar-refractivity contribution in [3.8, 4) is 0 Å². The van der Waals surface area contributed by atoms with E-state index in [-0.39, 0.29) is 0 Å². The van der Waals surface area contributed by atoms with Crippen molar-refractivity contribution in [2.75, 3.05) is 14.1 Å². The van der Waals surface area contributed by atoms with E-state index in [1.807, 2.05) is 0 Å². The van der Waals surface area contributed by atoms with Gasteiger partial charge in [0.1, 0.15) is 0 Å². The van der Waals surface area contributed by atoms with E-state index in [4.69, 9.17) is 5.84 Å². The van der Waals surface area contributed by atoms with E-state index in [0.717, 1.165) is 6.42 Å². The number of nitrogens with one attached hydrogen (secondary N) is 1. The van der Waals surface area contributed by atoms with Gasteiger partial charge >= 0.3 is 0 Å². The molecular weight excluding hydrogens is 186 g/mol. The maximum atomic E-state index is 5.46. The Morgan fingerprint density at radius 3 is 2.00 bits per heavy atom. The maximum Gasteiger partial charge on any atom is 0.0721 e. The molecule has 0 saturated carbocycles. The minimum Gasteiger partial charge on any atom is -0.293 e. The monoisotopic (exact) mass is 215 g/mol. The lowest BCUT2D eigenvalue weighted by molar-refractivity contribution is 0.229. The first kappa shape index (κ1) is 14.9. The molecule has 0 heterocycles. The molecule has 0 radical (unpaired) electrons. The standard InChI is InChI=1S/C12H29N3/c1-4-5-6-7-8-9-10-11-12(14-13)15(2)3/h12,14H,4-11,13H2,1-3H3. The number of hydrogen-bond donors (Lipinski definition) is 2. The third-order valence-electron chi connectivity index (χ3n) is 2.90. The summed E-state index contributed by atoms with van der Waals surface area (Å²) in [7, 11) is 4.12. The molecule has 3 N–H and O–H groups in total. The number of hydrogen-bond acceptors (Lipinski definition) is 3. The Balaban J connectivity index is 3.22.